The van der Waals surface area contributed by atoms with Gasteiger partial charge in [-0.15, -0.1) is 0 Å². The van der Waals surface area contributed by atoms with Crippen LogP contribution in [0.3, 0.4) is 0 Å². The van der Waals surface area contributed by atoms with E-state index in [9.17, 15) is 9.59 Å². The molecule has 116 valence electrons. The van der Waals surface area contributed by atoms with E-state index in [-0.39, 0.29) is 23.8 Å². The monoisotopic (exact) mass is 284 g/mol. The summed E-state index contributed by atoms with van der Waals surface area (Å²) in [5.74, 6) is 0.650. The lowest BCUT2D eigenvalue weighted by Gasteiger charge is -2.26. The fourth-order valence-corrected chi connectivity index (χ4v) is 2.20. The number of carbonyl (C=O) groups excluding carboxylic acids is 2. The van der Waals surface area contributed by atoms with Crippen molar-refractivity contribution in [2.45, 2.75) is 46.6 Å². The summed E-state index contributed by atoms with van der Waals surface area (Å²) in [6.07, 6.45) is 1.21. The van der Waals surface area contributed by atoms with Crippen LogP contribution in [0.5, 0.6) is 0 Å². The largest absolute Gasteiger partial charge is 0.381 e. The van der Waals surface area contributed by atoms with Crippen LogP contribution in [0.25, 0.3) is 0 Å². The number of rotatable bonds is 7. The molecule has 1 atom stereocenters. The van der Waals surface area contributed by atoms with Crippen LogP contribution in [0, 0.1) is 11.8 Å². The summed E-state index contributed by atoms with van der Waals surface area (Å²) < 4.78 is 5.53. The van der Waals surface area contributed by atoms with Crippen molar-refractivity contribution < 1.29 is 14.3 Å². The molecule has 1 aliphatic heterocycles. The van der Waals surface area contributed by atoms with Crippen molar-refractivity contribution in [1.29, 1.82) is 0 Å². The van der Waals surface area contributed by atoms with Gasteiger partial charge < -0.3 is 15.0 Å². The van der Waals surface area contributed by atoms with Crippen LogP contribution >= 0.6 is 0 Å². The molecular formula is C15H28N2O3. The first-order chi connectivity index (χ1) is 9.41. The second kappa shape index (κ2) is 8.25. The van der Waals surface area contributed by atoms with Crippen molar-refractivity contribution in [1.82, 2.24) is 10.2 Å². The second-order valence-electron chi connectivity index (χ2n) is 6.19. The van der Waals surface area contributed by atoms with Gasteiger partial charge in [0.15, 0.2) is 0 Å². The van der Waals surface area contributed by atoms with Gasteiger partial charge >= 0.3 is 0 Å². The summed E-state index contributed by atoms with van der Waals surface area (Å²) in [7, 11) is 0. The average Bonchev–Trinajstić information content (AvgIpc) is 2.50. The van der Waals surface area contributed by atoms with Gasteiger partial charge in [-0.05, 0) is 18.3 Å². The van der Waals surface area contributed by atoms with Crippen LogP contribution in [-0.4, -0.2) is 49.1 Å². The molecular weight excluding hydrogens is 256 g/mol. The maximum atomic E-state index is 12.4. The highest BCUT2D eigenvalue weighted by molar-refractivity contribution is 5.90. The van der Waals surface area contributed by atoms with Crippen LogP contribution in [0.1, 0.15) is 40.5 Å². The molecule has 5 nitrogen and oxygen atoms in total. The number of nitrogens with zero attached hydrogens (tertiary/aromatic N) is 1. The molecule has 0 aromatic carbocycles. The van der Waals surface area contributed by atoms with E-state index in [1.54, 1.807) is 4.90 Å². The molecule has 1 heterocycles. The van der Waals surface area contributed by atoms with E-state index in [0.717, 1.165) is 13.0 Å². The predicted octanol–water partition coefficient (Wildman–Crippen LogP) is 1.42. The van der Waals surface area contributed by atoms with Crippen molar-refractivity contribution in [3.63, 3.8) is 0 Å². The third kappa shape index (κ3) is 5.49. The molecule has 5 heteroatoms. The fraction of sp³-hybridized carbons (Fsp3) is 0.867. The van der Waals surface area contributed by atoms with E-state index in [2.05, 4.69) is 19.2 Å². The number of nitrogens with one attached hydrogen (secondary N) is 1. The molecule has 0 aliphatic carbocycles. The first-order valence-corrected chi connectivity index (χ1v) is 7.57. The van der Waals surface area contributed by atoms with Gasteiger partial charge in [0.05, 0.1) is 0 Å². The molecule has 1 N–H and O–H groups in total. The Labute approximate surface area is 122 Å². The molecule has 1 aliphatic rings. The zero-order chi connectivity index (χ0) is 15.1. The van der Waals surface area contributed by atoms with E-state index >= 15 is 0 Å². The molecule has 20 heavy (non-hydrogen) atoms. The van der Waals surface area contributed by atoms with Crippen LogP contribution in [-0.2, 0) is 14.3 Å². The lowest BCUT2D eigenvalue weighted by Crippen LogP contribution is -2.48. The maximum absolute atomic E-state index is 12.4. The molecule has 1 saturated heterocycles. The Morgan fingerprint density at radius 1 is 1.30 bits per heavy atom. The normalized spacial score (nSPS) is 20.5. The maximum Gasteiger partial charge on any atom is 0.245 e. The topological polar surface area (TPSA) is 58.6 Å². The number of hydrogen-bond acceptors (Lipinski definition) is 3. The van der Waals surface area contributed by atoms with Crippen molar-refractivity contribution in [2.24, 2.45) is 11.8 Å². The van der Waals surface area contributed by atoms with Gasteiger partial charge in [-0.25, -0.2) is 0 Å². The zero-order valence-corrected chi connectivity index (χ0v) is 13.1. The molecule has 0 aromatic heterocycles. The zero-order valence-electron chi connectivity index (χ0n) is 13.1. The molecule has 0 radical (unpaired) electrons. The highest BCUT2D eigenvalue weighted by Crippen LogP contribution is 2.11. The molecule has 0 aromatic rings. The van der Waals surface area contributed by atoms with Gasteiger partial charge in [0.2, 0.25) is 11.8 Å². The van der Waals surface area contributed by atoms with Gasteiger partial charge in [0, 0.05) is 32.7 Å². The molecule has 0 bridgehead atoms. The Bertz CT molecular complexity index is 329. The second-order valence-corrected chi connectivity index (χ2v) is 6.19. The van der Waals surface area contributed by atoms with Crippen molar-refractivity contribution in [3.8, 4) is 0 Å². The summed E-state index contributed by atoms with van der Waals surface area (Å²) >= 11 is 0. The highest BCUT2D eigenvalue weighted by Gasteiger charge is 2.31. The standard InChI is InChI=1S/C15H28N2O3/c1-11(2)10-20-9-5-7-17-8-6-13(18)16-14(12(3)4)15(17)19/h11-12,14H,5-10H2,1-4H3,(H,16,18). The lowest BCUT2D eigenvalue weighted by atomic mass is 10.0. The van der Waals surface area contributed by atoms with E-state index in [4.69, 9.17) is 4.74 Å². The van der Waals surface area contributed by atoms with Crippen LogP contribution in [0.15, 0.2) is 0 Å². The molecule has 0 spiro atoms. The smallest absolute Gasteiger partial charge is 0.245 e. The summed E-state index contributed by atoms with van der Waals surface area (Å²) in [5.41, 5.74) is 0. The fourth-order valence-electron chi connectivity index (χ4n) is 2.20. The van der Waals surface area contributed by atoms with Gasteiger partial charge in [-0.1, -0.05) is 27.7 Å². The van der Waals surface area contributed by atoms with E-state index in [1.807, 2.05) is 13.8 Å². The van der Waals surface area contributed by atoms with E-state index < -0.39 is 0 Å². The van der Waals surface area contributed by atoms with Gasteiger partial charge in [0.25, 0.3) is 0 Å². The minimum absolute atomic E-state index is 0.0318. The van der Waals surface area contributed by atoms with Crippen LogP contribution < -0.4 is 5.32 Å². The summed E-state index contributed by atoms with van der Waals surface area (Å²) in [6.45, 7) is 10.7. The quantitative estimate of drug-likeness (QED) is 0.719. The number of amides is 2. The summed E-state index contributed by atoms with van der Waals surface area (Å²) in [6, 6.07) is -0.387. The molecule has 1 rings (SSSR count). The number of hydrogen-bond donors (Lipinski definition) is 1. The minimum Gasteiger partial charge on any atom is -0.381 e. The Kier molecular flexibility index (Phi) is 6.99. The predicted molar refractivity (Wildman–Crippen MR) is 78.2 cm³/mol. The Balaban J connectivity index is 2.43. The average molecular weight is 284 g/mol. The first kappa shape index (κ1) is 17.0. The number of ether oxygens (including phenoxy) is 1. The Morgan fingerprint density at radius 3 is 2.60 bits per heavy atom. The minimum atomic E-state index is -0.387. The highest BCUT2D eigenvalue weighted by atomic mass is 16.5. The lowest BCUT2D eigenvalue weighted by molar-refractivity contribution is -0.134. The van der Waals surface area contributed by atoms with Gasteiger partial charge in [0.1, 0.15) is 6.04 Å². The summed E-state index contributed by atoms with van der Waals surface area (Å²) in [4.78, 5) is 25.8. The molecule has 2 amide bonds. The molecule has 1 fully saturated rings. The van der Waals surface area contributed by atoms with Crippen molar-refractivity contribution in [2.75, 3.05) is 26.3 Å². The first-order valence-electron chi connectivity index (χ1n) is 7.57. The molecule has 0 saturated carbocycles. The van der Waals surface area contributed by atoms with Gasteiger partial charge in [-0.3, -0.25) is 9.59 Å². The molecule has 1 unspecified atom stereocenters. The summed E-state index contributed by atoms with van der Waals surface area (Å²) in [5, 5.41) is 2.81. The number of carbonyl (C=O) groups is 2. The van der Waals surface area contributed by atoms with Crippen molar-refractivity contribution in [3.05, 3.63) is 0 Å². The van der Waals surface area contributed by atoms with E-state index in [0.29, 0.717) is 32.0 Å². The van der Waals surface area contributed by atoms with Gasteiger partial charge in [-0.2, -0.15) is 0 Å². The van der Waals surface area contributed by atoms with Crippen molar-refractivity contribution >= 4 is 11.8 Å². The van der Waals surface area contributed by atoms with E-state index in [1.165, 1.54) is 0 Å². The third-order valence-electron chi connectivity index (χ3n) is 3.34. The third-order valence-corrected chi connectivity index (χ3v) is 3.34. The SMILES string of the molecule is CC(C)COCCCN1CCC(=O)NC(C(C)C)C1=O. The Morgan fingerprint density at radius 2 is 2.00 bits per heavy atom. The Hall–Kier alpha value is -1.10. The van der Waals surface area contributed by atoms with Crippen LogP contribution in [0.2, 0.25) is 0 Å². The van der Waals surface area contributed by atoms with Crippen LogP contribution in [0.4, 0.5) is 0 Å².